The molecule has 1 aromatic rings. The molecule has 13 heavy (non-hydrogen) atoms. The predicted molar refractivity (Wildman–Crippen MR) is 58.2 cm³/mol. The lowest BCUT2D eigenvalue weighted by Crippen LogP contribution is -2.20. The number of halogens is 1. The first-order valence-electron chi connectivity index (χ1n) is 4.77. The van der Waals surface area contributed by atoms with Gasteiger partial charge in [0.1, 0.15) is 0 Å². The maximum atomic E-state index is 6.09. The average Bonchev–Trinajstić information content (AvgIpc) is 2.16. The van der Waals surface area contributed by atoms with E-state index in [1.54, 1.807) is 0 Å². The summed E-state index contributed by atoms with van der Waals surface area (Å²) in [7, 11) is 0. The fraction of sp³-hybridized carbons (Fsp3) is 0.455. The van der Waals surface area contributed by atoms with Crippen molar-refractivity contribution >= 4 is 11.6 Å². The van der Waals surface area contributed by atoms with E-state index in [-0.39, 0.29) is 0 Å². The summed E-state index contributed by atoms with van der Waals surface area (Å²) >= 11 is 6.09. The normalized spacial score (nSPS) is 12.8. The van der Waals surface area contributed by atoms with E-state index in [4.69, 9.17) is 11.6 Å². The third kappa shape index (κ3) is 2.71. The minimum absolute atomic E-state index is 0.388. The molecule has 0 spiro atoms. The zero-order chi connectivity index (χ0) is 9.68. The summed E-state index contributed by atoms with van der Waals surface area (Å²) in [5.41, 5.74) is 1.20. The Balaban J connectivity index is 2.84. The van der Waals surface area contributed by atoms with Gasteiger partial charge in [-0.25, -0.2) is 0 Å². The summed E-state index contributed by atoms with van der Waals surface area (Å²) in [5, 5.41) is 4.26. The van der Waals surface area contributed by atoms with E-state index in [9.17, 15) is 0 Å². The molecular weight excluding hydrogens is 182 g/mol. The Kier molecular flexibility index (Phi) is 4.26. The lowest BCUT2D eigenvalue weighted by atomic mass is 10.0. The largest absolute Gasteiger partial charge is 0.310 e. The Bertz CT molecular complexity index is 260. The highest BCUT2D eigenvalue weighted by atomic mass is 35.5. The third-order valence-electron chi connectivity index (χ3n) is 2.14. The van der Waals surface area contributed by atoms with Crippen molar-refractivity contribution in [1.29, 1.82) is 0 Å². The van der Waals surface area contributed by atoms with Gasteiger partial charge in [-0.1, -0.05) is 43.6 Å². The molecular formula is C11H16ClN. The predicted octanol–water partition coefficient (Wildman–Crippen LogP) is 3.40. The number of hydrogen-bond acceptors (Lipinski definition) is 1. The van der Waals surface area contributed by atoms with Crippen molar-refractivity contribution in [2.75, 3.05) is 6.54 Å². The van der Waals surface area contributed by atoms with E-state index < -0.39 is 0 Å². The first-order valence-corrected chi connectivity index (χ1v) is 5.15. The van der Waals surface area contributed by atoms with E-state index >= 15 is 0 Å². The highest BCUT2D eigenvalue weighted by Gasteiger charge is 2.09. The van der Waals surface area contributed by atoms with Crippen LogP contribution in [-0.4, -0.2) is 6.54 Å². The van der Waals surface area contributed by atoms with Crippen LogP contribution >= 0.6 is 11.6 Å². The molecule has 0 aliphatic rings. The summed E-state index contributed by atoms with van der Waals surface area (Å²) < 4.78 is 0. The summed E-state index contributed by atoms with van der Waals surface area (Å²) in [6.45, 7) is 5.25. The van der Waals surface area contributed by atoms with E-state index in [1.165, 1.54) is 5.56 Å². The number of hydrogen-bond donors (Lipinski definition) is 1. The van der Waals surface area contributed by atoms with Crippen molar-refractivity contribution in [3.8, 4) is 0 Å². The van der Waals surface area contributed by atoms with Gasteiger partial charge in [0, 0.05) is 11.1 Å². The average molecular weight is 198 g/mol. The molecule has 0 bridgehead atoms. The summed E-state index contributed by atoms with van der Waals surface area (Å²) in [5.74, 6) is 0. The van der Waals surface area contributed by atoms with Crippen LogP contribution in [0.3, 0.4) is 0 Å². The molecule has 1 aromatic carbocycles. The fourth-order valence-electron chi connectivity index (χ4n) is 1.48. The first kappa shape index (κ1) is 10.6. The van der Waals surface area contributed by atoms with Crippen molar-refractivity contribution in [2.24, 2.45) is 0 Å². The van der Waals surface area contributed by atoms with Gasteiger partial charge in [0.2, 0.25) is 0 Å². The minimum Gasteiger partial charge on any atom is -0.310 e. The summed E-state index contributed by atoms with van der Waals surface area (Å²) in [4.78, 5) is 0. The molecule has 1 rings (SSSR count). The lowest BCUT2D eigenvalue weighted by molar-refractivity contribution is 0.537. The third-order valence-corrected chi connectivity index (χ3v) is 2.48. The Morgan fingerprint density at radius 2 is 2.00 bits per heavy atom. The number of nitrogens with one attached hydrogen (secondary N) is 1. The second-order valence-corrected chi connectivity index (χ2v) is 3.45. The van der Waals surface area contributed by atoms with Gasteiger partial charge in [0.15, 0.2) is 0 Å². The van der Waals surface area contributed by atoms with Gasteiger partial charge in [-0.3, -0.25) is 0 Å². The quantitative estimate of drug-likeness (QED) is 0.780. The molecule has 0 aliphatic heterocycles. The van der Waals surface area contributed by atoms with Crippen molar-refractivity contribution in [1.82, 2.24) is 5.32 Å². The summed E-state index contributed by atoms with van der Waals surface area (Å²) in [6.07, 6.45) is 1.07. The molecule has 0 radical (unpaired) electrons. The zero-order valence-electron chi connectivity index (χ0n) is 8.18. The van der Waals surface area contributed by atoms with Crippen LogP contribution in [0.2, 0.25) is 5.02 Å². The van der Waals surface area contributed by atoms with Crippen molar-refractivity contribution in [3.63, 3.8) is 0 Å². The molecule has 0 aromatic heterocycles. The van der Waals surface area contributed by atoms with E-state index in [0.29, 0.717) is 6.04 Å². The molecule has 1 atom stereocenters. The van der Waals surface area contributed by atoms with Crippen LogP contribution in [0.5, 0.6) is 0 Å². The standard InChI is InChI=1S/C11H16ClN/c1-3-11(13-4-2)9-7-5-6-8-10(9)12/h5-8,11,13H,3-4H2,1-2H3/t11-/m0/s1. The Morgan fingerprint density at radius 1 is 1.31 bits per heavy atom. The van der Waals surface area contributed by atoms with Crippen LogP contribution in [0.4, 0.5) is 0 Å². The highest BCUT2D eigenvalue weighted by Crippen LogP contribution is 2.24. The SMILES string of the molecule is CCN[C@@H](CC)c1ccccc1Cl. The van der Waals surface area contributed by atoms with Crippen molar-refractivity contribution in [2.45, 2.75) is 26.3 Å². The second kappa shape index (κ2) is 5.25. The highest BCUT2D eigenvalue weighted by molar-refractivity contribution is 6.31. The summed E-state index contributed by atoms with van der Waals surface area (Å²) in [6, 6.07) is 8.40. The van der Waals surface area contributed by atoms with Crippen molar-refractivity contribution in [3.05, 3.63) is 34.9 Å². The van der Waals surface area contributed by atoms with E-state index in [2.05, 4.69) is 25.2 Å². The van der Waals surface area contributed by atoms with Crippen LogP contribution in [0, 0.1) is 0 Å². The van der Waals surface area contributed by atoms with Gasteiger partial charge in [0.25, 0.3) is 0 Å². The Hall–Kier alpha value is -0.530. The fourth-order valence-corrected chi connectivity index (χ4v) is 1.75. The number of benzene rings is 1. The molecule has 2 heteroatoms. The topological polar surface area (TPSA) is 12.0 Å². The van der Waals surface area contributed by atoms with Gasteiger partial charge < -0.3 is 5.32 Å². The van der Waals surface area contributed by atoms with Crippen molar-refractivity contribution < 1.29 is 0 Å². The maximum Gasteiger partial charge on any atom is 0.0453 e. The molecule has 1 nitrogen and oxygen atoms in total. The molecule has 0 amide bonds. The van der Waals surface area contributed by atoms with Crippen LogP contribution in [0.1, 0.15) is 31.9 Å². The Labute approximate surface area is 85.1 Å². The van der Waals surface area contributed by atoms with E-state index in [1.807, 2.05) is 18.2 Å². The molecule has 0 saturated carbocycles. The molecule has 0 saturated heterocycles. The van der Waals surface area contributed by atoms with Gasteiger partial charge in [0.05, 0.1) is 0 Å². The second-order valence-electron chi connectivity index (χ2n) is 3.04. The molecule has 0 aliphatic carbocycles. The Morgan fingerprint density at radius 3 is 2.54 bits per heavy atom. The lowest BCUT2D eigenvalue weighted by Gasteiger charge is -2.17. The maximum absolute atomic E-state index is 6.09. The molecule has 0 unspecified atom stereocenters. The van der Waals surface area contributed by atoms with Crippen LogP contribution in [0.15, 0.2) is 24.3 Å². The van der Waals surface area contributed by atoms with Crippen LogP contribution < -0.4 is 5.32 Å². The minimum atomic E-state index is 0.388. The molecule has 72 valence electrons. The van der Waals surface area contributed by atoms with Gasteiger partial charge in [-0.15, -0.1) is 0 Å². The molecule has 1 N–H and O–H groups in total. The smallest absolute Gasteiger partial charge is 0.0453 e. The monoisotopic (exact) mass is 197 g/mol. The number of rotatable bonds is 4. The van der Waals surface area contributed by atoms with Crippen LogP contribution in [0.25, 0.3) is 0 Å². The molecule has 0 heterocycles. The molecule has 0 fully saturated rings. The van der Waals surface area contributed by atoms with Gasteiger partial charge in [-0.05, 0) is 24.6 Å². The first-order chi connectivity index (χ1) is 6.29. The van der Waals surface area contributed by atoms with Crippen LogP contribution in [-0.2, 0) is 0 Å². The zero-order valence-corrected chi connectivity index (χ0v) is 8.93. The van der Waals surface area contributed by atoms with Gasteiger partial charge >= 0.3 is 0 Å². The van der Waals surface area contributed by atoms with E-state index in [0.717, 1.165) is 18.0 Å². The van der Waals surface area contributed by atoms with Gasteiger partial charge in [-0.2, -0.15) is 0 Å².